The molecule has 1 heterocycles. The van der Waals surface area contributed by atoms with E-state index in [4.69, 9.17) is 0 Å². The molecule has 0 fully saturated rings. The molecule has 1 N–H and O–H groups in total. The first kappa shape index (κ1) is 17.6. The second-order valence-corrected chi connectivity index (χ2v) is 6.88. The molecule has 2 rings (SSSR count). The summed E-state index contributed by atoms with van der Waals surface area (Å²) in [5.74, 6) is -1.40. The van der Waals surface area contributed by atoms with Crippen LogP contribution in [0.25, 0.3) is 0 Å². The number of nitrogens with zero attached hydrogens (tertiary/aromatic N) is 2. The van der Waals surface area contributed by atoms with Gasteiger partial charge in [-0.05, 0) is 24.3 Å². The zero-order valence-electron chi connectivity index (χ0n) is 13.2. The zero-order valence-corrected chi connectivity index (χ0v) is 14.0. The van der Waals surface area contributed by atoms with Crippen molar-refractivity contribution in [3.8, 4) is 0 Å². The smallest absolute Gasteiger partial charge is 0.465 e. The number of urea groups is 1. The maximum absolute atomic E-state index is 12.4. The predicted molar refractivity (Wildman–Crippen MR) is 84.5 cm³/mol. The predicted octanol–water partition coefficient (Wildman–Crippen LogP) is -0.111. The third-order valence-electron chi connectivity index (χ3n) is 3.42. The first-order valence-corrected chi connectivity index (χ1v) is 8.31. The molecule has 0 aliphatic carbocycles. The number of methoxy groups -OCH3 is 1. The summed E-state index contributed by atoms with van der Waals surface area (Å²) in [6.07, 6.45) is 1.04. The molecule has 9 nitrogen and oxygen atoms in total. The minimum absolute atomic E-state index is 0.172. The van der Waals surface area contributed by atoms with E-state index in [-0.39, 0.29) is 11.3 Å². The van der Waals surface area contributed by atoms with Gasteiger partial charge in [-0.15, -0.1) is 0 Å². The van der Waals surface area contributed by atoms with Gasteiger partial charge < -0.3 is 4.74 Å². The number of carbonyl (C=O) groups excluding carboxylic acids is 3. The minimum Gasteiger partial charge on any atom is -0.465 e. The number of nitrogens with one attached hydrogen (secondary N) is 1. The SMILES string of the molecule is COC(=O)c1ccc(NS(=O)(=O)C2C=[N+](C)C(=O)N(C)C2=O)cc1. The maximum Gasteiger partial charge on any atom is 0.500 e. The van der Waals surface area contributed by atoms with Gasteiger partial charge in [0.1, 0.15) is 6.21 Å². The average molecular weight is 354 g/mol. The first-order valence-electron chi connectivity index (χ1n) is 6.76. The van der Waals surface area contributed by atoms with Crippen molar-refractivity contribution < 1.29 is 32.1 Å². The molecule has 0 saturated carbocycles. The van der Waals surface area contributed by atoms with Gasteiger partial charge in [0, 0.05) is 5.69 Å². The van der Waals surface area contributed by atoms with Gasteiger partial charge in [-0.3, -0.25) is 4.72 Å². The van der Waals surface area contributed by atoms with E-state index in [2.05, 4.69) is 9.46 Å². The maximum atomic E-state index is 12.4. The second-order valence-electron chi connectivity index (χ2n) is 5.08. The summed E-state index contributed by atoms with van der Waals surface area (Å²) < 4.78 is 32.7. The monoisotopic (exact) mass is 354 g/mol. The number of amides is 3. The Kier molecular flexibility index (Phi) is 4.69. The molecule has 10 heteroatoms. The van der Waals surface area contributed by atoms with Crippen LogP contribution in [-0.2, 0) is 19.6 Å². The molecule has 1 aliphatic rings. The molecule has 0 spiro atoms. The summed E-state index contributed by atoms with van der Waals surface area (Å²) in [5, 5.41) is -1.54. The van der Waals surface area contributed by atoms with Gasteiger partial charge in [-0.2, -0.15) is 9.69 Å². The second kappa shape index (κ2) is 6.40. The van der Waals surface area contributed by atoms with Crippen LogP contribution in [0.5, 0.6) is 0 Å². The van der Waals surface area contributed by atoms with Crippen LogP contribution < -0.4 is 4.72 Å². The van der Waals surface area contributed by atoms with E-state index in [0.29, 0.717) is 0 Å². The summed E-state index contributed by atoms with van der Waals surface area (Å²) in [5.41, 5.74) is 0.428. The lowest BCUT2D eigenvalue weighted by molar-refractivity contribution is -0.399. The Labute approximate surface area is 138 Å². The van der Waals surface area contributed by atoms with Crippen molar-refractivity contribution in [2.24, 2.45) is 0 Å². The Bertz CT molecular complexity index is 829. The number of hydrogen-bond acceptors (Lipinski definition) is 6. The largest absolute Gasteiger partial charge is 0.500 e. The number of carbonyl (C=O) groups is 3. The number of sulfonamides is 1. The lowest BCUT2D eigenvalue weighted by atomic mass is 10.2. The van der Waals surface area contributed by atoms with Crippen LogP contribution in [0.2, 0.25) is 0 Å². The lowest BCUT2D eigenvalue weighted by Gasteiger charge is -2.20. The minimum atomic E-state index is -4.12. The van der Waals surface area contributed by atoms with Crippen molar-refractivity contribution in [1.29, 1.82) is 0 Å². The summed E-state index contributed by atoms with van der Waals surface area (Å²) >= 11 is 0. The Morgan fingerprint density at radius 1 is 1.25 bits per heavy atom. The fraction of sp³-hybridized carbons (Fsp3) is 0.286. The molecule has 1 aromatic rings. The molecule has 3 amide bonds. The highest BCUT2D eigenvalue weighted by molar-refractivity contribution is 7.94. The number of benzene rings is 1. The van der Waals surface area contributed by atoms with Crippen molar-refractivity contribution in [2.45, 2.75) is 5.25 Å². The number of rotatable bonds is 4. The van der Waals surface area contributed by atoms with E-state index in [1.54, 1.807) is 0 Å². The quantitative estimate of drug-likeness (QED) is 0.596. The molecular weight excluding hydrogens is 338 g/mol. The Morgan fingerprint density at radius 2 is 1.83 bits per heavy atom. The molecular formula is C14H16N3O6S+. The molecule has 0 saturated heterocycles. The van der Waals surface area contributed by atoms with E-state index < -0.39 is 33.2 Å². The zero-order chi connectivity index (χ0) is 18.1. The number of ether oxygens (including phenoxy) is 1. The number of hydrogen-bond donors (Lipinski definition) is 1. The fourth-order valence-electron chi connectivity index (χ4n) is 2.09. The standard InChI is InChI=1S/C14H15N3O6S/c1-16-8-11(12(18)17(2)14(16)20)24(21,22)15-10-6-4-9(5-7-10)13(19)23-3/h4-8,11H,1-3H3/p+1. The van der Waals surface area contributed by atoms with E-state index in [9.17, 15) is 22.8 Å². The van der Waals surface area contributed by atoms with Crippen LogP contribution >= 0.6 is 0 Å². The van der Waals surface area contributed by atoms with Gasteiger partial charge in [-0.1, -0.05) is 0 Å². The van der Waals surface area contributed by atoms with Crippen molar-refractivity contribution >= 4 is 39.8 Å². The molecule has 24 heavy (non-hydrogen) atoms. The lowest BCUT2D eigenvalue weighted by Crippen LogP contribution is -2.54. The van der Waals surface area contributed by atoms with Crippen LogP contribution in [0.4, 0.5) is 10.5 Å². The number of anilines is 1. The molecule has 0 bridgehead atoms. The average Bonchev–Trinajstić information content (AvgIpc) is 2.55. The molecule has 0 radical (unpaired) electrons. The van der Waals surface area contributed by atoms with Gasteiger partial charge in [0.2, 0.25) is 5.25 Å². The van der Waals surface area contributed by atoms with Crippen LogP contribution in [0.1, 0.15) is 10.4 Å². The highest BCUT2D eigenvalue weighted by Crippen LogP contribution is 2.16. The van der Waals surface area contributed by atoms with E-state index in [1.165, 1.54) is 45.5 Å². The van der Waals surface area contributed by atoms with E-state index in [0.717, 1.165) is 15.7 Å². The van der Waals surface area contributed by atoms with Crippen LogP contribution in [0, 0.1) is 0 Å². The van der Waals surface area contributed by atoms with Gasteiger partial charge in [0.05, 0.1) is 26.8 Å². The van der Waals surface area contributed by atoms with Gasteiger partial charge in [0.25, 0.3) is 10.0 Å². The topological polar surface area (TPSA) is 113 Å². The molecule has 1 aliphatic heterocycles. The summed E-state index contributed by atoms with van der Waals surface area (Å²) in [6, 6.07) is 4.90. The van der Waals surface area contributed by atoms with Crippen molar-refractivity contribution in [2.75, 3.05) is 25.9 Å². The van der Waals surface area contributed by atoms with Crippen LogP contribution in [-0.4, -0.2) is 68.5 Å². The van der Waals surface area contributed by atoms with Gasteiger partial charge in [-0.25, -0.2) is 22.6 Å². The summed E-state index contributed by atoms with van der Waals surface area (Å²) in [4.78, 5) is 35.8. The Hall–Kier alpha value is -2.75. The van der Waals surface area contributed by atoms with Crippen LogP contribution in [0.3, 0.4) is 0 Å². The Balaban J connectivity index is 2.27. The molecule has 0 aromatic heterocycles. The number of imide groups is 1. The van der Waals surface area contributed by atoms with Gasteiger partial charge >= 0.3 is 17.9 Å². The normalized spacial score (nSPS) is 18.2. The van der Waals surface area contributed by atoms with Crippen molar-refractivity contribution in [3.05, 3.63) is 29.8 Å². The third kappa shape index (κ3) is 3.27. The summed E-state index contributed by atoms with van der Waals surface area (Å²) in [7, 11) is -0.316. The Morgan fingerprint density at radius 3 is 2.38 bits per heavy atom. The van der Waals surface area contributed by atoms with E-state index >= 15 is 0 Å². The third-order valence-corrected chi connectivity index (χ3v) is 4.93. The highest BCUT2D eigenvalue weighted by atomic mass is 32.2. The van der Waals surface area contributed by atoms with Crippen molar-refractivity contribution in [1.82, 2.24) is 4.90 Å². The molecule has 1 aromatic carbocycles. The molecule has 1 atom stereocenters. The van der Waals surface area contributed by atoms with Crippen LogP contribution in [0.15, 0.2) is 24.3 Å². The highest BCUT2D eigenvalue weighted by Gasteiger charge is 2.46. The fourth-order valence-corrected chi connectivity index (χ4v) is 3.44. The van der Waals surface area contributed by atoms with E-state index in [1.807, 2.05) is 0 Å². The van der Waals surface area contributed by atoms with Crippen molar-refractivity contribution in [3.63, 3.8) is 0 Å². The number of esters is 1. The molecule has 128 valence electrons. The molecule has 1 unspecified atom stereocenters. The summed E-state index contributed by atoms with van der Waals surface area (Å²) in [6.45, 7) is 0. The van der Waals surface area contributed by atoms with Gasteiger partial charge in [0.15, 0.2) is 0 Å². The first-order chi connectivity index (χ1) is 11.2.